The summed E-state index contributed by atoms with van der Waals surface area (Å²) in [4.78, 5) is 19.3. The Morgan fingerprint density at radius 3 is 1.89 bits per heavy atom. The molecule has 0 aliphatic carbocycles. The number of rotatable bonds is 7. The lowest BCUT2D eigenvalue weighted by molar-refractivity contribution is 0.0596. The number of carbonyl (C=O) groups is 1. The van der Waals surface area contributed by atoms with Gasteiger partial charge >= 0.3 is 5.97 Å². The molecule has 4 aromatic carbocycles. The highest BCUT2D eigenvalue weighted by Gasteiger charge is 2.34. The SMILES string of the molecule is COC(=O)c1[nH]c2cccc(S(=O)(=O)c3ccc(C)cc3)c2c1-c1c(S(=O)(=O)c2ccc(C)cc2)[nH]c2ccc(OC)cc12. The second kappa shape index (κ2) is 10.7. The summed E-state index contributed by atoms with van der Waals surface area (Å²) in [5, 5.41) is 0.347. The number of ether oxygens (including phenoxy) is 2. The molecular weight excluding hydrogens is 601 g/mol. The van der Waals surface area contributed by atoms with Gasteiger partial charge in [0.15, 0.2) is 0 Å². The summed E-state index contributed by atoms with van der Waals surface area (Å²) in [5.41, 5.74) is 2.59. The average molecular weight is 629 g/mol. The molecule has 2 N–H and O–H groups in total. The monoisotopic (exact) mass is 628 g/mol. The highest BCUT2D eigenvalue weighted by atomic mass is 32.2. The summed E-state index contributed by atoms with van der Waals surface area (Å²) in [7, 11) is -5.69. The Morgan fingerprint density at radius 2 is 1.30 bits per heavy atom. The van der Waals surface area contributed by atoms with Crippen molar-refractivity contribution in [1.82, 2.24) is 9.97 Å². The van der Waals surface area contributed by atoms with Crippen LogP contribution in [-0.2, 0) is 24.4 Å². The zero-order valence-corrected chi connectivity index (χ0v) is 25.9. The first-order chi connectivity index (χ1) is 21.0. The van der Waals surface area contributed by atoms with Gasteiger partial charge in [0.2, 0.25) is 19.7 Å². The number of aromatic nitrogens is 2. The van der Waals surface area contributed by atoms with Crippen molar-refractivity contribution in [3.63, 3.8) is 0 Å². The van der Waals surface area contributed by atoms with E-state index in [0.29, 0.717) is 22.2 Å². The number of sulfone groups is 2. The molecule has 0 radical (unpaired) electrons. The molecule has 0 aliphatic rings. The van der Waals surface area contributed by atoms with Gasteiger partial charge in [0.25, 0.3) is 0 Å². The van der Waals surface area contributed by atoms with E-state index in [4.69, 9.17) is 9.47 Å². The van der Waals surface area contributed by atoms with Crippen molar-refractivity contribution in [2.75, 3.05) is 14.2 Å². The molecule has 0 saturated heterocycles. The van der Waals surface area contributed by atoms with Crippen LogP contribution in [-0.4, -0.2) is 47.0 Å². The molecule has 9 nitrogen and oxygen atoms in total. The largest absolute Gasteiger partial charge is 0.497 e. The number of esters is 1. The first-order valence-corrected chi connectivity index (χ1v) is 16.5. The maximum Gasteiger partial charge on any atom is 0.355 e. The number of H-pyrrole nitrogens is 2. The first kappa shape index (κ1) is 29.2. The van der Waals surface area contributed by atoms with Crippen LogP contribution in [0.1, 0.15) is 21.6 Å². The van der Waals surface area contributed by atoms with Gasteiger partial charge in [-0.05, 0) is 68.4 Å². The van der Waals surface area contributed by atoms with Gasteiger partial charge in [-0.25, -0.2) is 21.6 Å². The van der Waals surface area contributed by atoms with Crippen LogP contribution in [0, 0.1) is 13.8 Å². The van der Waals surface area contributed by atoms with Crippen molar-refractivity contribution in [2.24, 2.45) is 0 Å². The van der Waals surface area contributed by atoms with E-state index >= 15 is 0 Å². The summed E-state index contributed by atoms with van der Waals surface area (Å²) in [5.74, 6) is -0.366. The maximum absolute atomic E-state index is 14.3. The lowest BCUT2D eigenvalue weighted by atomic mass is 10.0. The minimum Gasteiger partial charge on any atom is -0.497 e. The van der Waals surface area contributed by atoms with E-state index in [1.165, 1.54) is 44.6 Å². The summed E-state index contributed by atoms with van der Waals surface area (Å²) >= 11 is 0. The van der Waals surface area contributed by atoms with Crippen LogP contribution in [0.15, 0.2) is 105 Å². The van der Waals surface area contributed by atoms with Crippen molar-refractivity contribution in [2.45, 2.75) is 33.6 Å². The van der Waals surface area contributed by atoms with E-state index in [9.17, 15) is 21.6 Å². The normalized spacial score (nSPS) is 12.1. The van der Waals surface area contributed by atoms with E-state index in [1.54, 1.807) is 54.6 Å². The van der Waals surface area contributed by atoms with Gasteiger partial charge in [-0.3, -0.25) is 0 Å². The number of hydrogen-bond donors (Lipinski definition) is 2. The summed E-state index contributed by atoms with van der Waals surface area (Å²) in [6.07, 6.45) is 0. The minimum absolute atomic E-state index is 0.0230. The zero-order valence-electron chi connectivity index (χ0n) is 24.3. The molecular formula is C33H28N2O7S2. The summed E-state index contributed by atoms with van der Waals surface area (Å²) in [6.45, 7) is 3.70. The third-order valence-electron chi connectivity index (χ3n) is 7.62. The molecule has 2 heterocycles. The Labute approximate surface area is 254 Å². The number of nitrogens with one attached hydrogen (secondary N) is 2. The molecule has 0 fully saturated rings. The molecule has 11 heteroatoms. The average Bonchev–Trinajstić information content (AvgIpc) is 3.59. The number of carbonyl (C=O) groups excluding carboxylic acids is 1. The first-order valence-electron chi connectivity index (χ1n) is 13.5. The predicted molar refractivity (Wildman–Crippen MR) is 167 cm³/mol. The highest BCUT2D eigenvalue weighted by molar-refractivity contribution is 7.92. The van der Waals surface area contributed by atoms with Gasteiger partial charge < -0.3 is 19.4 Å². The molecule has 0 aliphatic heterocycles. The lowest BCUT2D eigenvalue weighted by Crippen LogP contribution is -2.08. The fraction of sp³-hybridized carbons (Fsp3) is 0.121. The minimum atomic E-state index is -4.23. The van der Waals surface area contributed by atoms with Gasteiger partial charge in [-0.15, -0.1) is 0 Å². The summed E-state index contributed by atoms with van der Waals surface area (Å²) in [6, 6.07) is 22.4. The Bertz CT molecular complexity index is 2300. The highest BCUT2D eigenvalue weighted by Crippen LogP contribution is 2.46. The third kappa shape index (κ3) is 4.65. The van der Waals surface area contributed by atoms with Crippen molar-refractivity contribution in [3.8, 4) is 16.9 Å². The predicted octanol–water partition coefficient (Wildman–Crippen LogP) is 6.39. The van der Waals surface area contributed by atoms with E-state index in [2.05, 4.69) is 9.97 Å². The van der Waals surface area contributed by atoms with Crippen molar-refractivity contribution in [3.05, 3.63) is 102 Å². The van der Waals surface area contributed by atoms with Crippen LogP contribution in [0.2, 0.25) is 0 Å². The van der Waals surface area contributed by atoms with Crippen LogP contribution in [0.25, 0.3) is 32.9 Å². The van der Waals surface area contributed by atoms with Gasteiger partial charge in [0, 0.05) is 32.9 Å². The maximum atomic E-state index is 14.3. The van der Waals surface area contributed by atoms with Crippen molar-refractivity contribution >= 4 is 47.4 Å². The molecule has 0 atom stereocenters. The smallest absolute Gasteiger partial charge is 0.355 e. The number of aromatic amines is 2. The molecule has 0 unspecified atom stereocenters. The van der Waals surface area contributed by atoms with Crippen LogP contribution >= 0.6 is 0 Å². The van der Waals surface area contributed by atoms with E-state index < -0.39 is 25.6 Å². The van der Waals surface area contributed by atoms with Crippen LogP contribution in [0.3, 0.4) is 0 Å². The number of aryl methyl sites for hydroxylation is 2. The Hall–Kier alpha value is -4.87. The molecule has 2 aromatic heterocycles. The Morgan fingerprint density at radius 1 is 0.682 bits per heavy atom. The molecule has 0 saturated carbocycles. The van der Waals surface area contributed by atoms with Crippen molar-refractivity contribution in [1.29, 1.82) is 0 Å². The molecule has 6 rings (SSSR count). The second-order valence-corrected chi connectivity index (χ2v) is 14.2. The summed E-state index contributed by atoms with van der Waals surface area (Å²) < 4.78 is 67.5. The fourth-order valence-electron chi connectivity index (χ4n) is 5.35. The number of hydrogen-bond acceptors (Lipinski definition) is 7. The van der Waals surface area contributed by atoms with Crippen LogP contribution < -0.4 is 4.74 Å². The zero-order chi connectivity index (χ0) is 31.4. The lowest BCUT2D eigenvalue weighted by Gasteiger charge is -2.12. The van der Waals surface area contributed by atoms with Gasteiger partial charge in [-0.2, -0.15) is 0 Å². The van der Waals surface area contributed by atoms with Gasteiger partial charge in [-0.1, -0.05) is 41.5 Å². The quantitative estimate of drug-likeness (QED) is 0.196. The van der Waals surface area contributed by atoms with Crippen molar-refractivity contribution < 1.29 is 31.1 Å². The van der Waals surface area contributed by atoms with Gasteiger partial charge in [0.1, 0.15) is 16.5 Å². The number of benzene rings is 4. The van der Waals surface area contributed by atoms with Crippen LogP contribution in [0.4, 0.5) is 0 Å². The molecule has 0 amide bonds. The second-order valence-electron chi connectivity index (χ2n) is 10.4. The fourth-order valence-corrected chi connectivity index (χ4v) is 8.29. The van der Waals surface area contributed by atoms with E-state index in [0.717, 1.165) is 11.1 Å². The third-order valence-corrected chi connectivity index (χ3v) is 11.2. The van der Waals surface area contributed by atoms with E-state index in [-0.39, 0.29) is 41.9 Å². The molecule has 44 heavy (non-hydrogen) atoms. The number of fused-ring (bicyclic) bond motifs is 2. The van der Waals surface area contributed by atoms with Gasteiger partial charge in [0.05, 0.1) is 28.9 Å². The Kier molecular flexibility index (Phi) is 7.10. The standard InChI is InChI=1S/C33H28N2O7S2/c1-19-8-13-22(14-9-19)43(37,38)27-7-5-6-26-29(27)30(31(34-26)33(36)42-4)28-24-18-21(41-3)12-17-25(24)35-32(28)44(39,40)23-15-10-20(2)11-16-23/h5-18,34-35H,1-4H3. The topological polar surface area (TPSA) is 135 Å². The molecule has 0 bridgehead atoms. The van der Waals surface area contributed by atoms with E-state index in [1.807, 2.05) is 13.8 Å². The number of methoxy groups -OCH3 is 2. The molecule has 0 spiro atoms. The molecule has 6 aromatic rings. The Balaban J connectivity index is 1.79. The van der Waals surface area contributed by atoms with Crippen LogP contribution in [0.5, 0.6) is 5.75 Å². The molecule has 224 valence electrons.